The van der Waals surface area contributed by atoms with Crippen LogP contribution in [0.3, 0.4) is 0 Å². The van der Waals surface area contributed by atoms with Crippen molar-refractivity contribution in [2.24, 2.45) is 7.05 Å². The van der Waals surface area contributed by atoms with Crippen LogP contribution >= 0.6 is 11.6 Å². The van der Waals surface area contributed by atoms with Crippen LogP contribution in [0.15, 0.2) is 60.7 Å². The Bertz CT molecular complexity index is 1460. The molecule has 1 saturated carbocycles. The maximum absolute atomic E-state index is 12.0. The fourth-order valence-corrected chi connectivity index (χ4v) is 5.28. The van der Waals surface area contributed by atoms with Gasteiger partial charge in [-0.15, -0.1) is 0 Å². The minimum atomic E-state index is -0.226. The molecular formula is C33H37ClN2O5. The molecule has 0 saturated heterocycles. The van der Waals surface area contributed by atoms with Gasteiger partial charge in [0, 0.05) is 37.0 Å². The van der Waals surface area contributed by atoms with E-state index in [4.69, 9.17) is 35.5 Å². The predicted octanol–water partition coefficient (Wildman–Crippen LogP) is 7.24. The normalized spacial score (nSPS) is 13.4. The van der Waals surface area contributed by atoms with E-state index in [0.717, 1.165) is 46.6 Å². The number of aryl methyl sites for hydroxylation is 2. The lowest BCUT2D eigenvalue weighted by molar-refractivity contribution is -0.143. The Morgan fingerprint density at radius 3 is 2.54 bits per heavy atom. The molecule has 0 radical (unpaired) electrons. The standard InChI is InChI=1S/C33H37ClN2O5/c1-3-38-33(37)17-11-24-10-14-27(21-31(24)40-22-23-8-12-25(34)13-9-23)39-19-18-32-35-29-16-15-28(20-30(29)36(32)2)41-26-6-4-5-7-26/h8-10,12-16,20-21,26H,3-7,11,17-19,22H2,1-2H3. The van der Waals surface area contributed by atoms with E-state index >= 15 is 0 Å². The van der Waals surface area contributed by atoms with Gasteiger partial charge in [-0.1, -0.05) is 29.8 Å². The number of hydrogen-bond acceptors (Lipinski definition) is 6. The van der Waals surface area contributed by atoms with E-state index < -0.39 is 0 Å². The molecule has 0 aliphatic heterocycles. The van der Waals surface area contributed by atoms with Crippen molar-refractivity contribution in [3.05, 3.63) is 82.6 Å². The number of aromatic nitrogens is 2. The average Bonchev–Trinajstić information content (AvgIpc) is 3.60. The third kappa shape index (κ3) is 7.73. The Labute approximate surface area is 246 Å². The average molecular weight is 577 g/mol. The van der Waals surface area contributed by atoms with Crippen LogP contribution in [0.2, 0.25) is 5.02 Å². The largest absolute Gasteiger partial charge is 0.493 e. The summed E-state index contributed by atoms with van der Waals surface area (Å²) in [6.45, 7) is 3.01. The molecule has 216 valence electrons. The van der Waals surface area contributed by atoms with E-state index in [1.165, 1.54) is 12.8 Å². The Hall–Kier alpha value is -3.71. The number of carbonyl (C=O) groups is 1. The summed E-state index contributed by atoms with van der Waals surface area (Å²) in [6, 6.07) is 19.4. The molecule has 0 unspecified atom stereocenters. The van der Waals surface area contributed by atoms with Crippen molar-refractivity contribution in [1.82, 2.24) is 9.55 Å². The van der Waals surface area contributed by atoms with E-state index in [-0.39, 0.29) is 12.4 Å². The summed E-state index contributed by atoms with van der Waals surface area (Å²) < 4.78 is 25.7. The first-order valence-electron chi connectivity index (χ1n) is 14.4. The fraction of sp³-hybridized carbons (Fsp3) is 0.394. The van der Waals surface area contributed by atoms with Gasteiger partial charge in [0.05, 0.1) is 30.4 Å². The lowest BCUT2D eigenvalue weighted by atomic mass is 10.1. The van der Waals surface area contributed by atoms with E-state index in [9.17, 15) is 4.79 Å². The summed E-state index contributed by atoms with van der Waals surface area (Å²) in [7, 11) is 2.03. The highest BCUT2D eigenvalue weighted by atomic mass is 35.5. The van der Waals surface area contributed by atoms with Crippen molar-refractivity contribution in [1.29, 1.82) is 0 Å². The molecule has 7 nitrogen and oxygen atoms in total. The highest BCUT2D eigenvalue weighted by molar-refractivity contribution is 6.30. The number of carbonyl (C=O) groups excluding carboxylic acids is 1. The summed E-state index contributed by atoms with van der Waals surface area (Å²) in [4.78, 5) is 16.8. The summed E-state index contributed by atoms with van der Waals surface area (Å²) in [5, 5.41) is 0.678. The molecule has 5 rings (SSSR count). The van der Waals surface area contributed by atoms with Crippen LogP contribution in [0, 0.1) is 0 Å². The lowest BCUT2D eigenvalue weighted by Crippen LogP contribution is -2.10. The van der Waals surface area contributed by atoms with Crippen molar-refractivity contribution in [2.75, 3.05) is 13.2 Å². The van der Waals surface area contributed by atoms with Crippen molar-refractivity contribution in [3.63, 3.8) is 0 Å². The zero-order valence-electron chi connectivity index (χ0n) is 23.7. The number of nitrogens with zero attached hydrogens (tertiary/aromatic N) is 2. The molecule has 0 amide bonds. The molecule has 8 heteroatoms. The van der Waals surface area contributed by atoms with Gasteiger partial charge in [0.25, 0.3) is 0 Å². The maximum Gasteiger partial charge on any atom is 0.306 e. The molecule has 1 heterocycles. The molecule has 1 aromatic heterocycles. The van der Waals surface area contributed by atoms with Crippen LogP contribution in [0.25, 0.3) is 11.0 Å². The minimum absolute atomic E-state index is 0.226. The van der Waals surface area contributed by atoms with Crippen molar-refractivity contribution in [3.8, 4) is 17.2 Å². The zero-order valence-corrected chi connectivity index (χ0v) is 24.5. The molecular weight excluding hydrogens is 540 g/mol. The molecule has 0 atom stereocenters. The highest BCUT2D eigenvalue weighted by Crippen LogP contribution is 2.29. The van der Waals surface area contributed by atoms with Gasteiger partial charge in [-0.25, -0.2) is 4.98 Å². The van der Waals surface area contributed by atoms with Crippen LogP contribution in [-0.4, -0.2) is 34.8 Å². The Morgan fingerprint density at radius 2 is 1.76 bits per heavy atom. The number of imidazole rings is 1. The number of benzene rings is 3. The second kappa shape index (κ2) is 13.8. The van der Waals surface area contributed by atoms with Gasteiger partial charge < -0.3 is 23.5 Å². The summed E-state index contributed by atoms with van der Waals surface area (Å²) in [6.07, 6.45) is 6.52. The minimum Gasteiger partial charge on any atom is -0.493 e. The van der Waals surface area contributed by atoms with Crippen LogP contribution in [0.5, 0.6) is 17.2 Å². The quantitative estimate of drug-likeness (QED) is 0.156. The van der Waals surface area contributed by atoms with Gasteiger partial charge >= 0.3 is 5.97 Å². The fourth-order valence-electron chi connectivity index (χ4n) is 5.15. The number of ether oxygens (including phenoxy) is 4. The Kier molecular flexibility index (Phi) is 9.67. The zero-order chi connectivity index (χ0) is 28.6. The van der Waals surface area contributed by atoms with Gasteiger partial charge in [-0.3, -0.25) is 4.79 Å². The van der Waals surface area contributed by atoms with Crippen LogP contribution < -0.4 is 14.2 Å². The first-order valence-corrected chi connectivity index (χ1v) is 14.8. The summed E-state index contributed by atoms with van der Waals surface area (Å²) >= 11 is 6.02. The van der Waals surface area contributed by atoms with Gasteiger partial charge in [0.15, 0.2) is 0 Å². The molecule has 1 fully saturated rings. The molecule has 1 aliphatic carbocycles. The van der Waals surface area contributed by atoms with E-state index in [2.05, 4.69) is 10.6 Å². The van der Waals surface area contributed by atoms with Gasteiger partial charge in [0.2, 0.25) is 0 Å². The third-order valence-corrected chi connectivity index (χ3v) is 7.65. The van der Waals surface area contributed by atoms with Crippen LogP contribution in [0.1, 0.15) is 56.0 Å². The SMILES string of the molecule is CCOC(=O)CCc1ccc(OCCc2nc3ccc(OC4CCCC4)cc3n2C)cc1OCc1ccc(Cl)cc1. The molecule has 0 N–H and O–H groups in total. The molecule has 4 aromatic rings. The number of fused-ring (bicyclic) bond motifs is 1. The molecule has 3 aromatic carbocycles. The van der Waals surface area contributed by atoms with Crippen LogP contribution in [0.4, 0.5) is 0 Å². The Balaban J connectivity index is 1.23. The maximum atomic E-state index is 12.0. The highest BCUT2D eigenvalue weighted by Gasteiger charge is 2.17. The smallest absolute Gasteiger partial charge is 0.306 e. The van der Waals surface area contributed by atoms with Crippen molar-refractivity contribution in [2.45, 2.75) is 64.6 Å². The summed E-state index contributed by atoms with van der Waals surface area (Å²) in [5.41, 5.74) is 3.92. The third-order valence-electron chi connectivity index (χ3n) is 7.39. The first-order chi connectivity index (χ1) is 20.0. The molecule has 1 aliphatic rings. The number of rotatable bonds is 13. The first kappa shape index (κ1) is 28.8. The number of halogens is 1. The lowest BCUT2D eigenvalue weighted by Gasteiger charge is -2.14. The monoisotopic (exact) mass is 576 g/mol. The predicted molar refractivity (Wildman–Crippen MR) is 160 cm³/mol. The molecule has 0 spiro atoms. The van der Waals surface area contributed by atoms with Crippen molar-refractivity contribution < 1.29 is 23.7 Å². The number of esters is 1. The van der Waals surface area contributed by atoms with Crippen molar-refractivity contribution >= 4 is 28.6 Å². The van der Waals surface area contributed by atoms with E-state index in [1.807, 2.05) is 61.6 Å². The topological polar surface area (TPSA) is 71.8 Å². The second-order valence-electron chi connectivity index (χ2n) is 10.4. The van der Waals surface area contributed by atoms with Gasteiger partial charge in [0.1, 0.15) is 29.7 Å². The molecule has 41 heavy (non-hydrogen) atoms. The number of hydrogen-bond donors (Lipinski definition) is 0. The van der Waals surface area contributed by atoms with Gasteiger partial charge in [-0.05, 0) is 80.5 Å². The Morgan fingerprint density at radius 1 is 0.976 bits per heavy atom. The molecule has 0 bridgehead atoms. The second-order valence-corrected chi connectivity index (χ2v) is 10.8. The van der Waals surface area contributed by atoms with Gasteiger partial charge in [-0.2, -0.15) is 0 Å². The van der Waals surface area contributed by atoms with E-state index in [1.54, 1.807) is 6.92 Å². The summed E-state index contributed by atoms with van der Waals surface area (Å²) in [5.74, 6) is 3.00. The van der Waals surface area contributed by atoms with E-state index in [0.29, 0.717) is 55.3 Å². The van der Waals surface area contributed by atoms with Crippen LogP contribution in [-0.2, 0) is 36.0 Å².